The van der Waals surface area contributed by atoms with Crippen molar-refractivity contribution < 1.29 is 9.18 Å². The maximum atomic E-state index is 13.1. The zero-order valence-corrected chi connectivity index (χ0v) is 14.8. The molecule has 3 aliphatic rings. The average Bonchev–Trinajstić information content (AvgIpc) is 3.48. The summed E-state index contributed by atoms with van der Waals surface area (Å²) in [6, 6.07) is 6.58. The lowest BCUT2D eigenvalue weighted by atomic mass is 9.91. The Morgan fingerprint density at radius 1 is 1.21 bits per heavy atom. The summed E-state index contributed by atoms with van der Waals surface area (Å²) >= 11 is 0. The van der Waals surface area contributed by atoms with Crippen LogP contribution in [-0.4, -0.2) is 30.4 Å². The first-order valence-electron chi connectivity index (χ1n) is 8.90. The fraction of sp³-hybridized carbons (Fsp3) is 0.632. The van der Waals surface area contributed by atoms with Gasteiger partial charge in [-0.15, -0.1) is 12.4 Å². The number of halogens is 2. The number of piperidine rings is 1. The summed E-state index contributed by atoms with van der Waals surface area (Å²) < 4.78 is 13.1. The molecular formula is C19H26ClFN2O. The first-order chi connectivity index (χ1) is 11.2. The average molecular weight is 353 g/mol. The molecule has 132 valence electrons. The van der Waals surface area contributed by atoms with Crippen LogP contribution in [-0.2, 0) is 11.3 Å². The van der Waals surface area contributed by atoms with E-state index in [1.165, 1.54) is 25.0 Å². The molecule has 5 heteroatoms. The quantitative estimate of drug-likeness (QED) is 0.881. The van der Waals surface area contributed by atoms with Crippen molar-refractivity contribution in [2.24, 2.45) is 17.3 Å². The fourth-order valence-electron chi connectivity index (χ4n) is 4.05. The van der Waals surface area contributed by atoms with Gasteiger partial charge in [-0.05, 0) is 74.2 Å². The van der Waals surface area contributed by atoms with Gasteiger partial charge in [-0.1, -0.05) is 12.1 Å². The highest BCUT2D eigenvalue weighted by Gasteiger charge is 2.58. The summed E-state index contributed by atoms with van der Waals surface area (Å²) in [4.78, 5) is 15.1. The maximum Gasteiger partial charge on any atom is 0.226 e. The SMILES string of the molecule is Cl.O=C(C1CC12CCNCC2)N(Cc1ccc(F)cc1)CC1CC1. The second-order valence-corrected chi connectivity index (χ2v) is 7.66. The maximum absolute atomic E-state index is 13.1. The van der Waals surface area contributed by atoms with Crippen LogP contribution >= 0.6 is 12.4 Å². The fourth-order valence-corrected chi connectivity index (χ4v) is 4.05. The molecule has 0 bridgehead atoms. The molecule has 2 saturated carbocycles. The number of nitrogens with one attached hydrogen (secondary N) is 1. The van der Waals surface area contributed by atoms with Crippen LogP contribution in [0.25, 0.3) is 0 Å². The zero-order valence-electron chi connectivity index (χ0n) is 14.0. The summed E-state index contributed by atoms with van der Waals surface area (Å²) in [5.74, 6) is 1.03. The number of benzene rings is 1. The predicted molar refractivity (Wildman–Crippen MR) is 94.4 cm³/mol. The van der Waals surface area contributed by atoms with Gasteiger partial charge in [-0.3, -0.25) is 4.79 Å². The lowest BCUT2D eigenvalue weighted by molar-refractivity contribution is -0.134. The highest BCUT2D eigenvalue weighted by Crippen LogP contribution is 2.59. The van der Waals surface area contributed by atoms with Crippen LogP contribution in [0.4, 0.5) is 4.39 Å². The minimum atomic E-state index is -0.218. The van der Waals surface area contributed by atoms with E-state index in [0.29, 0.717) is 18.4 Å². The summed E-state index contributed by atoms with van der Waals surface area (Å²) in [7, 11) is 0. The lowest BCUT2D eigenvalue weighted by Gasteiger charge is -2.27. The Labute approximate surface area is 149 Å². The number of hydrogen-bond acceptors (Lipinski definition) is 2. The first kappa shape index (κ1) is 17.7. The normalized spacial score (nSPS) is 24.3. The first-order valence-corrected chi connectivity index (χ1v) is 8.90. The van der Waals surface area contributed by atoms with Crippen LogP contribution in [0.1, 0.15) is 37.7 Å². The molecule has 1 saturated heterocycles. The van der Waals surface area contributed by atoms with Gasteiger partial charge in [0.2, 0.25) is 5.91 Å². The third-order valence-electron chi connectivity index (χ3n) is 5.86. The molecule has 1 aliphatic heterocycles. The van der Waals surface area contributed by atoms with Crippen molar-refractivity contribution in [3.05, 3.63) is 35.6 Å². The van der Waals surface area contributed by atoms with Gasteiger partial charge in [0.25, 0.3) is 0 Å². The van der Waals surface area contributed by atoms with E-state index in [9.17, 15) is 9.18 Å². The van der Waals surface area contributed by atoms with Crippen LogP contribution in [0.5, 0.6) is 0 Å². The molecule has 1 spiro atoms. The van der Waals surface area contributed by atoms with E-state index in [0.717, 1.165) is 44.5 Å². The van der Waals surface area contributed by atoms with Gasteiger partial charge in [0.05, 0.1) is 0 Å². The summed E-state index contributed by atoms with van der Waals surface area (Å²) in [6.07, 6.45) is 5.83. The van der Waals surface area contributed by atoms with Gasteiger partial charge >= 0.3 is 0 Å². The summed E-state index contributed by atoms with van der Waals surface area (Å²) in [6.45, 7) is 3.59. The molecule has 4 rings (SSSR count). The molecule has 1 aromatic carbocycles. The van der Waals surface area contributed by atoms with E-state index < -0.39 is 0 Å². The molecular weight excluding hydrogens is 327 g/mol. The molecule has 1 aromatic rings. The van der Waals surface area contributed by atoms with Crippen molar-refractivity contribution >= 4 is 18.3 Å². The molecule has 1 N–H and O–H groups in total. The monoisotopic (exact) mass is 352 g/mol. The standard InChI is InChI=1S/C19H25FN2O.ClH/c20-16-5-3-15(4-6-16)13-22(12-14-1-2-14)18(23)17-11-19(17)7-9-21-10-8-19;/h3-6,14,17,21H,1-2,7-13H2;1H. The summed E-state index contributed by atoms with van der Waals surface area (Å²) in [5.41, 5.74) is 1.31. The van der Waals surface area contributed by atoms with Gasteiger partial charge in [-0.25, -0.2) is 4.39 Å². The minimum Gasteiger partial charge on any atom is -0.338 e. The lowest BCUT2D eigenvalue weighted by Crippen LogP contribution is -2.37. The van der Waals surface area contributed by atoms with Crippen LogP contribution in [0.2, 0.25) is 0 Å². The molecule has 24 heavy (non-hydrogen) atoms. The van der Waals surface area contributed by atoms with Crippen molar-refractivity contribution in [2.45, 2.75) is 38.6 Å². The zero-order chi connectivity index (χ0) is 15.9. The van der Waals surface area contributed by atoms with Crippen molar-refractivity contribution in [2.75, 3.05) is 19.6 Å². The van der Waals surface area contributed by atoms with Gasteiger partial charge in [-0.2, -0.15) is 0 Å². The second-order valence-electron chi connectivity index (χ2n) is 7.66. The Bertz CT molecular complexity index is 582. The highest BCUT2D eigenvalue weighted by molar-refractivity contribution is 5.85. The number of nitrogens with zero attached hydrogens (tertiary/aromatic N) is 1. The van der Waals surface area contributed by atoms with E-state index in [-0.39, 0.29) is 29.6 Å². The van der Waals surface area contributed by atoms with Crippen LogP contribution in [0.15, 0.2) is 24.3 Å². The van der Waals surface area contributed by atoms with E-state index in [2.05, 4.69) is 5.32 Å². The molecule has 1 unspecified atom stereocenters. The molecule has 2 aliphatic carbocycles. The van der Waals surface area contributed by atoms with E-state index in [1.54, 1.807) is 12.1 Å². The van der Waals surface area contributed by atoms with E-state index in [4.69, 9.17) is 0 Å². The highest BCUT2D eigenvalue weighted by atomic mass is 35.5. The smallest absolute Gasteiger partial charge is 0.226 e. The van der Waals surface area contributed by atoms with E-state index in [1.807, 2.05) is 4.90 Å². The second kappa shape index (κ2) is 7.01. The van der Waals surface area contributed by atoms with Crippen molar-refractivity contribution in [3.63, 3.8) is 0 Å². The van der Waals surface area contributed by atoms with Gasteiger partial charge in [0.15, 0.2) is 0 Å². The topological polar surface area (TPSA) is 32.3 Å². The van der Waals surface area contributed by atoms with Crippen LogP contribution < -0.4 is 5.32 Å². The summed E-state index contributed by atoms with van der Waals surface area (Å²) in [5, 5.41) is 3.40. The number of carbonyl (C=O) groups excluding carboxylic acids is 1. The molecule has 1 atom stereocenters. The van der Waals surface area contributed by atoms with Crippen molar-refractivity contribution in [1.29, 1.82) is 0 Å². The molecule has 0 aromatic heterocycles. The molecule has 1 amide bonds. The Kier molecular flexibility index (Phi) is 5.16. The van der Waals surface area contributed by atoms with Gasteiger partial charge < -0.3 is 10.2 Å². The van der Waals surface area contributed by atoms with Crippen LogP contribution in [0, 0.1) is 23.1 Å². The number of hydrogen-bond donors (Lipinski definition) is 1. The molecule has 3 fully saturated rings. The Morgan fingerprint density at radius 2 is 1.88 bits per heavy atom. The Hall–Kier alpha value is -1.13. The number of rotatable bonds is 5. The van der Waals surface area contributed by atoms with Crippen LogP contribution in [0.3, 0.4) is 0 Å². The van der Waals surface area contributed by atoms with Crippen molar-refractivity contribution in [3.8, 4) is 0 Å². The third kappa shape index (κ3) is 3.75. The molecule has 3 nitrogen and oxygen atoms in total. The minimum absolute atomic E-state index is 0. The predicted octanol–water partition coefficient (Wildman–Crippen LogP) is 3.38. The molecule has 1 heterocycles. The molecule has 0 radical (unpaired) electrons. The Morgan fingerprint density at radius 3 is 2.50 bits per heavy atom. The largest absolute Gasteiger partial charge is 0.338 e. The van der Waals surface area contributed by atoms with E-state index >= 15 is 0 Å². The number of carbonyl (C=O) groups is 1. The third-order valence-corrected chi connectivity index (χ3v) is 5.86. The Balaban J connectivity index is 0.00000169. The van der Waals surface area contributed by atoms with Gasteiger partial charge in [0.1, 0.15) is 5.82 Å². The van der Waals surface area contributed by atoms with Gasteiger partial charge in [0, 0.05) is 19.0 Å². The van der Waals surface area contributed by atoms with Crippen molar-refractivity contribution in [1.82, 2.24) is 10.2 Å². The number of amides is 1.